The molecule has 0 aliphatic carbocycles. The number of anilines is 1. The lowest BCUT2D eigenvalue weighted by atomic mass is 10.2. The van der Waals surface area contributed by atoms with Crippen LogP contribution >= 0.6 is 11.3 Å². The van der Waals surface area contributed by atoms with Crippen molar-refractivity contribution in [2.75, 3.05) is 11.9 Å². The maximum atomic E-state index is 13.4. The van der Waals surface area contributed by atoms with Gasteiger partial charge in [0.1, 0.15) is 10.8 Å². The normalized spacial score (nSPS) is 17.1. The standard InChI is InChI=1S/C21H21FN4O3S2/c1-13-5-6-14(2)18(12-13)31(28,29)26-11-3-4-17(26)20-24-25-21(30-20)19(27)23-16-9-7-15(22)8-10-16/h5-10,12,17H,3-4,11H2,1-2H3,(H,23,27). The maximum Gasteiger partial charge on any atom is 0.286 e. The summed E-state index contributed by atoms with van der Waals surface area (Å²) in [5.41, 5.74) is 1.99. The summed E-state index contributed by atoms with van der Waals surface area (Å²) in [4.78, 5) is 12.8. The molecule has 1 aliphatic heterocycles. The first kappa shape index (κ1) is 21.5. The SMILES string of the molecule is Cc1ccc(C)c(S(=O)(=O)N2CCCC2c2nnc(C(=O)Nc3ccc(F)cc3)s2)c1. The van der Waals surface area contributed by atoms with E-state index < -0.39 is 27.8 Å². The molecule has 1 fully saturated rings. The zero-order valence-electron chi connectivity index (χ0n) is 17.0. The Morgan fingerprint density at radius 3 is 2.65 bits per heavy atom. The highest BCUT2D eigenvalue weighted by Gasteiger charge is 2.39. The first-order chi connectivity index (χ1) is 14.8. The Morgan fingerprint density at radius 1 is 1.16 bits per heavy atom. The summed E-state index contributed by atoms with van der Waals surface area (Å²) in [6, 6.07) is 10.3. The van der Waals surface area contributed by atoms with Crippen LogP contribution in [0.3, 0.4) is 0 Å². The molecule has 7 nitrogen and oxygen atoms in total. The van der Waals surface area contributed by atoms with Crippen LogP contribution in [-0.2, 0) is 10.0 Å². The monoisotopic (exact) mass is 460 g/mol. The zero-order chi connectivity index (χ0) is 22.2. The fraction of sp³-hybridized carbons (Fsp3) is 0.286. The quantitative estimate of drug-likeness (QED) is 0.620. The molecule has 31 heavy (non-hydrogen) atoms. The van der Waals surface area contributed by atoms with Crippen LogP contribution in [0.15, 0.2) is 47.4 Å². The number of halogens is 1. The third-order valence-electron chi connectivity index (χ3n) is 5.16. The minimum absolute atomic E-state index is 0.121. The molecule has 1 saturated heterocycles. The molecule has 1 atom stereocenters. The molecule has 0 bridgehead atoms. The molecule has 1 N–H and O–H groups in total. The fourth-order valence-corrected chi connectivity index (χ4v) is 6.49. The molecule has 162 valence electrons. The van der Waals surface area contributed by atoms with Crippen LogP contribution in [0.1, 0.15) is 44.8 Å². The van der Waals surface area contributed by atoms with Gasteiger partial charge >= 0.3 is 0 Å². The van der Waals surface area contributed by atoms with E-state index in [-0.39, 0.29) is 9.90 Å². The molecular formula is C21H21FN4O3S2. The smallest absolute Gasteiger partial charge is 0.286 e. The van der Waals surface area contributed by atoms with Crippen LogP contribution in [0.5, 0.6) is 0 Å². The van der Waals surface area contributed by atoms with Crippen LogP contribution in [0, 0.1) is 19.7 Å². The Balaban J connectivity index is 1.57. The van der Waals surface area contributed by atoms with Gasteiger partial charge < -0.3 is 5.32 Å². The number of hydrogen-bond acceptors (Lipinski definition) is 6. The van der Waals surface area contributed by atoms with E-state index in [2.05, 4.69) is 15.5 Å². The topological polar surface area (TPSA) is 92.3 Å². The molecule has 1 aliphatic rings. The van der Waals surface area contributed by atoms with Crippen LogP contribution < -0.4 is 5.32 Å². The molecule has 0 saturated carbocycles. The number of carbonyl (C=O) groups excluding carboxylic acids is 1. The molecule has 3 aromatic rings. The Labute approximate surface area is 184 Å². The van der Waals surface area contributed by atoms with Crippen LogP contribution in [-0.4, -0.2) is 35.4 Å². The van der Waals surface area contributed by atoms with Gasteiger partial charge in [0.2, 0.25) is 15.0 Å². The van der Waals surface area contributed by atoms with Crippen molar-refractivity contribution in [1.29, 1.82) is 0 Å². The number of aryl methyl sites for hydroxylation is 2. The largest absolute Gasteiger partial charge is 0.320 e. The molecule has 4 rings (SSSR count). The van der Waals surface area contributed by atoms with Crippen molar-refractivity contribution in [3.05, 3.63) is 69.4 Å². The number of aromatic nitrogens is 2. The van der Waals surface area contributed by atoms with Gasteiger partial charge in [0.05, 0.1) is 10.9 Å². The highest BCUT2D eigenvalue weighted by Crippen LogP contribution is 2.38. The van der Waals surface area contributed by atoms with E-state index in [0.717, 1.165) is 16.9 Å². The van der Waals surface area contributed by atoms with Crippen molar-refractivity contribution in [3.63, 3.8) is 0 Å². The summed E-state index contributed by atoms with van der Waals surface area (Å²) < 4.78 is 41.2. The molecule has 0 spiro atoms. The average molecular weight is 461 g/mol. The van der Waals surface area contributed by atoms with Gasteiger partial charge in [-0.2, -0.15) is 4.31 Å². The van der Waals surface area contributed by atoms with Crippen molar-refractivity contribution in [2.45, 2.75) is 37.6 Å². The number of benzene rings is 2. The summed E-state index contributed by atoms with van der Waals surface area (Å²) >= 11 is 1.07. The van der Waals surface area contributed by atoms with E-state index in [1.807, 2.05) is 13.0 Å². The maximum absolute atomic E-state index is 13.4. The predicted octanol–water partition coefficient (Wildman–Crippen LogP) is 4.07. The number of carbonyl (C=O) groups is 1. The number of sulfonamides is 1. The van der Waals surface area contributed by atoms with Gasteiger partial charge in [-0.25, -0.2) is 12.8 Å². The molecule has 10 heteroatoms. The molecular weight excluding hydrogens is 439 g/mol. The summed E-state index contributed by atoms with van der Waals surface area (Å²) in [5, 5.41) is 11.3. The number of nitrogens with zero attached hydrogens (tertiary/aromatic N) is 3. The Morgan fingerprint density at radius 2 is 1.90 bits per heavy atom. The van der Waals surface area contributed by atoms with E-state index in [1.165, 1.54) is 28.6 Å². The fourth-order valence-electron chi connectivity index (χ4n) is 3.56. The second-order valence-corrected chi connectivity index (χ2v) is 10.3. The highest BCUT2D eigenvalue weighted by atomic mass is 32.2. The summed E-state index contributed by atoms with van der Waals surface area (Å²) in [5.74, 6) is -0.875. The van der Waals surface area contributed by atoms with Crippen LogP contribution in [0.4, 0.5) is 10.1 Å². The highest BCUT2D eigenvalue weighted by molar-refractivity contribution is 7.89. The Hall–Kier alpha value is -2.69. The lowest BCUT2D eigenvalue weighted by molar-refractivity contribution is 0.102. The van der Waals surface area contributed by atoms with Crippen molar-refractivity contribution >= 4 is 33.0 Å². The second kappa shape index (κ2) is 8.45. The summed E-state index contributed by atoms with van der Waals surface area (Å²) in [6.45, 7) is 4.02. The molecule has 1 aromatic heterocycles. The van der Waals surface area contributed by atoms with Crippen molar-refractivity contribution in [1.82, 2.24) is 14.5 Å². The number of amides is 1. The van der Waals surface area contributed by atoms with Gasteiger partial charge in [0, 0.05) is 12.2 Å². The second-order valence-electron chi connectivity index (χ2n) is 7.45. The average Bonchev–Trinajstić information content (AvgIpc) is 3.41. The third-order valence-corrected chi connectivity index (χ3v) is 8.23. The molecule has 2 heterocycles. The summed E-state index contributed by atoms with van der Waals surface area (Å²) in [7, 11) is -3.72. The van der Waals surface area contributed by atoms with Crippen LogP contribution in [0.25, 0.3) is 0 Å². The third kappa shape index (κ3) is 4.36. The zero-order valence-corrected chi connectivity index (χ0v) is 18.6. The first-order valence-corrected chi connectivity index (χ1v) is 12.0. The van der Waals surface area contributed by atoms with E-state index in [1.54, 1.807) is 19.1 Å². The predicted molar refractivity (Wildman–Crippen MR) is 116 cm³/mol. The van der Waals surface area contributed by atoms with Gasteiger partial charge in [-0.3, -0.25) is 4.79 Å². The Kier molecular flexibility index (Phi) is 5.87. The number of rotatable bonds is 5. The lowest BCUT2D eigenvalue weighted by Crippen LogP contribution is -2.31. The van der Waals surface area contributed by atoms with Gasteiger partial charge in [0.15, 0.2) is 0 Å². The van der Waals surface area contributed by atoms with Gasteiger partial charge in [0.25, 0.3) is 5.91 Å². The molecule has 1 amide bonds. The number of hydrogen-bond donors (Lipinski definition) is 1. The van der Waals surface area contributed by atoms with Crippen molar-refractivity contribution in [3.8, 4) is 0 Å². The Bertz CT molecular complexity index is 1230. The van der Waals surface area contributed by atoms with Crippen LogP contribution in [0.2, 0.25) is 0 Å². The molecule has 1 unspecified atom stereocenters. The summed E-state index contributed by atoms with van der Waals surface area (Å²) in [6.07, 6.45) is 1.31. The van der Waals surface area contributed by atoms with Crippen molar-refractivity contribution in [2.24, 2.45) is 0 Å². The van der Waals surface area contributed by atoms with E-state index in [0.29, 0.717) is 35.6 Å². The van der Waals surface area contributed by atoms with Gasteiger partial charge in [-0.15, -0.1) is 10.2 Å². The lowest BCUT2D eigenvalue weighted by Gasteiger charge is -2.23. The van der Waals surface area contributed by atoms with E-state index >= 15 is 0 Å². The first-order valence-electron chi connectivity index (χ1n) is 9.75. The minimum Gasteiger partial charge on any atom is -0.320 e. The van der Waals surface area contributed by atoms with Crippen molar-refractivity contribution < 1.29 is 17.6 Å². The van der Waals surface area contributed by atoms with E-state index in [4.69, 9.17) is 0 Å². The number of nitrogens with one attached hydrogen (secondary N) is 1. The molecule has 2 aromatic carbocycles. The van der Waals surface area contributed by atoms with E-state index in [9.17, 15) is 17.6 Å². The molecule has 0 radical (unpaired) electrons. The minimum atomic E-state index is -3.72. The van der Waals surface area contributed by atoms with Gasteiger partial charge in [-0.1, -0.05) is 23.5 Å². The van der Waals surface area contributed by atoms with Gasteiger partial charge in [-0.05, 0) is 68.1 Å².